The molecule has 0 amide bonds. The highest BCUT2D eigenvalue weighted by atomic mass is 35.5. The number of hydrogen-bond donors (Lipinski definition) is 0. The first-order valence-corrected chi connectivity index (χ1v) is 6.43. The standard InChI is InChI=1S/C14H13ClN2/c1-8-11-7-17-10-3-2-9(6-10)14(17)16-13(11)5-4-12(8)15/h2-5,9-10H,6-7H2,1H3. The van der Waals surface area contributed by atoms with Gasteiger partial charge in [-0.1, -0.05) is 23.8 Å². The van der Waals surface area contributed by atoms with Crippen LogP contribution >= 0.6 is 11.6 Å². The van der Waals surface area contributed by atoms with Gasteiger partial charge in [-0.3, -0.25) is 0 Å². The quantitative estimate of drug-likeness (QED) is 0.639. The summed E-state index contributed by atoms with van der Waals surface area (Å²) in [6.07, 6.45) is 5.82. The van der Waals surface area contributed by atoms with E-state index in [1.807, 2.05) is 12.1 Å². The van der Waals surface area contributed by atoms with E-state index in [-0.39, 0.29) is 0 Å². The predicted molar refractivity (Wildman–Crippen MR) is 69.9 cm³/mol. The van der Waals surface area contributed by atoms with Crippen molar-refractivity contribution in [2.75, 3.05) is 0 Å². The zero-order valence-corrected chi connectivity index (χ0v) is 10.4. The summed E-state index contributed by atoms with van der Waals surface area (Å²) in [6.45, 7) is 3.05. The first kappa shape index (κ1) is 9.72. The molecule has 4 rings (SSSR count). The van der Waals surface area contributed by atoms with Crippen molar-refractivity contribution in [3.8, 4) is 0 Å². The van der Waals surface area contributed by atoms with E-state index in [9.17, 15) is 0 Å². The smallest absolute Gasteiger partial charge is 0.113 e. The lowest BCUT2D eigenvalue weighted by Crippen LogP contribution is -2.36. The fourth-order valence-electron chi connectivity index (χ4n) is 3.14. The Hall–Kier alpha value is -1.28. The molecule has 2 unspecified atom stereocenters. The van der Waals surface area contributed by atoms with Crippen LogP contribution < -0.4 is 0 Å². The van der Waals surface area contributed by atoms with Gasteiger partial charge in [-0.25, -0.2) is 4.99 Å². The number of hydrogen-bond acceptors (Lipinski definition) is 2. The lowest BCUT2D eigenvalue weighted by Gasteiger charge is -2.32. The van der Waals surface area contributed by atoms with Gasteiger partial charge in [0.05, 0.1) is 5.69 Å². The largest absolute Gasteiger partial charge is 0.349 e. The van der Waals surface area contributed by atoms with Crippen LogP contribution in [0.3, 0.4) is 0 Å². The van der Waals surface area contributed by atoms with Gasteiger partial charge in [0.2, 0.25) is 0 Å². The van der Waals surface area contributed by atoms with Crippen molar-refractivity contribution in [3.63, 3.8) is 0 Å². The number of nitrogens with zero attached hydrogens (tertiary/aromatic N) is 2. The van der Waals surface area contributed by atoms with E-state index in [0.717, 1.165) is 17.3 Å². The molecule has 0 spiro atoms. The summed E-state index contributed by atoms with van der Waals surface area (Å²) in [6, 6.07) is 4.56. The number of halogens is 1. The van der Waals surface area contributed by atoms with Crippen molar-refractivity contribution < 1.29 is 0 Å². The molecule has 2 bridgehead atoms. The number of benzene rings is 1. The fraction of sp³-hybridized carbons (Fsp3) is 0.357. The number of rotatable bonds is 0. The SMILES string of the molecule is Cc1c(Cl)ccc2c1CN1C(=N2)C2C=CC1C2. The van der Waals surface area contributed by atoms with E-state index >= 15 is 0 Å². The topological polar surface area (TPSA) is 15.6 Å². The highest BCUT2D eigenvalue weighted by Crippen LogP contribution is 2.42. The van der Waals surface area contributed by atoms with Gasteiger partial charge in [0.15, 0.2) is 0 Å². The molecule has 3 heteroatoms. The van der Waals surface area contributed by atoms with Crippen molar-refractivity contribution in [1.29, 1.82) is 0 Å². The molecule has 0 aromatic heterocycles. The zero-order valence-electron chi connectivity index (χ0n) is 9.65. The Kier molecular flexibility index (Phi) is 1.79. The molecule has 1 aromatic rings. The van der Waals surface area contributed by atoms with Crippen LogP contribution in [0.5, 0.6) is 0 Å². The first-order valence-electron chi connectivity index (χ1n) is 6.05. The molecular formula is C14H13ClN2. The van der Waals surface area contributed by atoms with Gasteiger partial charge in [-0.05, 0) is 31.0 Å². The molecule has 3 aliphatic rings. The maximum absolute atomic E-state index is 6.19. The van der Waals surface area contributed by atoms with Crippen molar-refractivity contribution in [2.45, 2.75) is 25.9 Å². The monoisotopic (exact) mass is 244 g/mol. The van der Waals surface area contributed by atoms with Gasteiger partial charge in [0.1, 0.15) is 5.84 Å². The summed E-state index contributed by atoms with van der Waals surface area (Å²) in [4.78, 5) is 7.25. The Labute approximate surface area is 106 Å². The highest BCUT2D eigenvalue weighted by molar-refractivity contribution is 6.31. The van der Waals surface area contributed by atoms with Gasteiger partial charge < -0.3 is 4.90 Å². The molecule has 2 heterocycles. The van der Waals surface area contributed by atoms with Gasteiger partial charge >= 0.3 is 0 Å². The molecule has 1 aromatic carbocycles. The van der Waals surface area contributed by atoms with Gasteiger partial charge in [-0.15, -0.1) is 0 Å². The van der Waals surface area contributed by atoms with Crippen LogP contribution in [0, 0.1) is 12.8 Å². The summed E-state index contributed by atoms with van der Waals surface area (Å²) in [5.41, 5.74) is 3.58. The van der Waals surface area contributed by atoms with E-state index < -0.39 is 0 Å². The van der Waals surface area contributed by atoms with E-state index in [4.69, 9.17) is 16.6 Å². The molecular weight excluding hydrogens is 232 g/mol. The molecule has 1 saturated heterocycles. The summed E-state index contributed by atoms with van der Waals surface area (Å²) < 4.78 is 0. The van der Waals surface area contributed by atoms with Crippen LogP contribution in [-0.2, 0) is 6.54 Å². The summed E-state index contributed by atoms with van der Waals surface area (Å²) in [5.74, 6) is 1.80. The maximum Gasteiger partial charge on any atom is 0.113 e. The number of fused-ring (bicyclic) bond motifs is 6. The molecule has 1 fully saturated rings. The van der Waals surface area contributed by atoms with Crippen LogP contribution in [0.4, 0.5) is 5.69 Å². The fourth-order valence-corrected chi connectivity index (χ4v) is 3.32. The lowest BCUT2D eigenvalue weighted by atomic mass is 10.0. The zero-order chi connectivity index (χ0) is 11.6. The molecule has 2 nitrogen and oxygen atoms in total. The average molecular weight is 245 g/mol. The van der Waals surface area contributed by atoms with Gasteiger partial charge in [0, 0.05) is 29.1 Å². The minimum atomic E-state index is 0.545. The average Bonchev–Trinajstić information content (AvgIpc) is 2.94. The third kappa shape index (κ3) is 1.19. The molecule has 1 aliphatic carbocycles. The van der Waals surface area contributed by atoms with E-state index in [0.29, 0.717) is 12.0 Å². The summed E-state index contributed by atoms with van der Waals surface area (Å²) in [7, 11) is 0. The maximum atomic E-state index is 6.19. The molecule has 0 radical (unpaired) electrons. The number of aliphatic imine (C=N–C) groups is 1. The number of amidine groups is 1. The Balaban J connectivity index is 1.89. The van der Waals surface area contributed by atoms with Crippen molar-refractivity contribution in [2.24, 2.45) is 10.9 Å². The minimum Gasteiger partial charge on any atom is -0.349 e. The summed E-state index contributed by atoms with van der Waals surface area (Å²) in [5, 5.41) is 0.849. The van der Waals surface area contributed by atoms with Crippen molar-refractivity contribution >= 4 is 23.1 Å². The van der Waals surface area contributed by atoms with Crippen LogP contribution in [0.1, 0.15) is 17.5 Å². The molecule has 86 valence electrons. The van der Waals surface area contributed by atoms with Crippen molar-refractivity contribution in [3.05, 3.63) is 40.4 Å². The van der Waals surface area contributed by atoms with Crippen LogP contribution in [0.15, 0.2) is 29.3 Å². The Morgan fingerprint density at radius 1 is 1.35 bits per heavy atom. The minimum absolute atomic E-state index is 0.545. The molecule has 0 saturated carbocycles. The van der Waals surface area contributed by atoms with Crippen LogP contribution in [-0.4, -0.2) is 16.8 Å². The second kappa shape index (κ2) is 3.14. The van der Waals surface area contributed by atoms with Crippen LogP contribution in [0.25, 0.3) is 0 Å². The van der Waals surface area contributed by atoms with Gasteiger partial charge in [-0.2, -0.15) is 0 Å². The molecule has 17 heavy (non-hydrogen) atoms. The third-order valence-electron chi connectivity index (χ3n) is 4.16. The third-order valence-corrected chi connectivity index (χ3v) is 4.57. The van der Waals surface area contributed by atoms with E-state index in [1.165, 1.54) is 23.4 Å². The second-order valence-corrected chi connectivity index (χ2v) is 5.47. The second-order valence-electron chi connectivity index (χ2n) is 5.06. The lowest BCUT2D eigenvalue weighted by molar-refractivity contribution is 0.377. The first-order chi connectivity index (χ1) is 8.24. The molecule has 0 N–H and O–H groups in total. The Morgan fingerprint density at radius 3 is 3.12 bits per heavy atom. The molecule has 2 aliphatic heterocycles. The Morgan fingerprint density at radius 2 is 2.24 bits per heavy atom. The normalized spacial score (nSPS) is 28.1. The highest BCUT2D eigenvalue weighted by Gasteiger charge is 2.41. The van der Waals surface area contributed by atoms with Gasteiger partial charge in [0.25, 0.3) is 0 Å². The van der Waals surface area contributed by atoms with Crippen LogP contribution in [0.2, 0.25) is 5.02 Å². The Bertz CT molecular complexity index is 574. The molecule has 2 atom stereocenters. The van der Waals surface area contributed by atoms with Crippen molar-refractivity contribution in [1.82, 2.24) is 4.90 Å². The predicted octanol–water partition coefficient (Wildman–Crippen LogP) is 3.45. The summed E-state index contributed by atoms with van der Waals surface area (Å²) >= 11 is 6.19. The van der Waals surface area contributed by atoms with E-state index in [1.54, 1.807) is 0 Å². The van der Waals surface area contributed by atoms with E-state index in [2.05, 4.69) is 24.0 Å².